The van der Waals surface area contributed by atoms with Gasteiger partial charge in [-0.1, -0.05) is 18.2 Å². The fourth-order valence-electron chi connectivity index (χ4n) is 2.16. The minimum atomic E-state index is -0.283. The summed E-state index contributed by atoms with van der Waals surface area (Å²) in [5, 5.41) is 0. The summed E-state index contributed by atoms with van der Waals surface area (Å²) in [5.41, 5.74) is 7.03. The summed E-state index contributed by atoms with van der Waals surface area (Å²) >= 11 is 0. The van der Waals surface area contributed by atoms with Crippen molar-refractivity contribution in [2.24, 2.45) is 5.73 Å². The number of ether oxygens (including phenoxy) is 3. The van der Waals surface area contributed by atoms with E-state index in [-0.39, 0.29) is 12.1 Å². The van der Waals surface area contributed by atoms with E-state index >= 15 is 0 Å². The van der Waals surface area contributed by atoms with Gasteiger partial charge in [0.25, 0.3) is 0 Å². The summed E-state index contributed by atoms with van der Waals surface area (Å²) < 4.78 is 16.6. The van der Waals surface area contributed by atoms with E-state index in [0.717, 1.165) is 22.8 Å². The van der Waals surface area contributed by atoms with Crippen molar-refractivity contribution >= 4 is 0 Å². The number of hydrogen-bond acceptors (Lipinski definition) is 4. The molecule has 2 N–H and O–H groups in total. The molecule has 2 atom stereocenters. The van der Waals surface area contributed by atoms with Gasteiger partial charge in [-0.05, 0) is 37.3 Å². The van der Waals surface area contributed by atoms with E-state index in [1.54, 1.807) is 14.2 Å². The van der Waals surface area contributed by atoms with Crippen LogP contribution in [-0.2, 0) is 0 Å². The summed E-state index contributed by atoms with van der Waals surface area (Å²) in [7, 11) is 3.28. The molecule has 0 bridgehead atoms. The van der Waals surface area contributed by atoms with Crippen LogP contribution in [0.5, 0.6) is 17.2 Å². The van der Waals surface area contributed by atoms with Gasteiger partial charge in [-0.25, -0.2) is 0 Å². The molecule has 2 rings (SSSR count). The van der Waals surface area contributed by atoms with Crippen LogP contribution in [-0.4, -0.2) is 20.3 Å². The number of benzene rings is 2. The molecule has 0 aliphatic carbocycles. The number of methoxy groups -OCH3 is 2. The number of hydrogen-bond donors (Lipinski definition) is 1. The quantitative estimate of drug-likeness (QED) is 0.886. The van der Waals surface area contributed by atoms with Gasteiger partial charge >= 0.3 is 0 Å². The van der Waals surface area contributed by atoms with E-state index in [4.69, 9.17) is 19.9 Å². The van der Waals surface area contributed by atoms with Crippen molar-refractivity contribution in [2.45, 2.75) is 19.1 Å². The molecule has 0 spiro atoms. The van der Waals surface area contributed by atoms with E-state index in [1.807, 2.05) is 55.5 Å². The highest BCUT2D eigenvalue weighted by atomic mass is 16.5. The van der Waals surface area contributed by atoms with Crippen LogP contribution in [0.3, 0.4) is 0 Å². The molecule has 112 valence electrons. The van der Waals surface area contributed by atoms with Crippen molar-refractivity contribution in [3.63, 3.8) is 0 Å². The van der Waals surface area contributed by atoms with Crippen LogP contribution >= 0.6 is 0 Å². The Labute approximate surface area is 125 Å². The van der Waals surface area contributed by atoms with Gasteiger partial charge in [0.1, 0.15) is 23.4 Å². The molecule has 0 aliphatic rings. The summed E-state index contributed by atoms with van der Waals surface area (Å²) in [5.74, 6) is 2.30. The molecule has 0 aliphatic heterocycles. The Kier molecular flexibility index (Phi) is 5.06. The Morgan fingerprint density at radius 2 is 1.48 bits per heavy atom. The summed E-state index contributed by atoms with van der Waals surface area (Å²) in [6.45, 7) is 1.92. The molecule has 0 heterocycles. The van der Waals surface area contributed by atoms with Gasteiger partial charge < -0.3 is 19.9 Å². The SMILES string of the molecule is COc1ccc(OC(c2ccccc2OC)C(C)N)cc1. The van der Waals surface area contributed by atoms with E-state index < -0.39 is 0 Å². The molecule has 0 radical (unpaired) electrons. The lowest BCUT2D eigenvalue weighted by atomic mass is 10.0. The largest absolute Gasteiger partial charge is 0.497 e. The molecule has 2 aromatic rings. The highest BCUT2D eigenvalue weighted by molar-refractivity contribution is 5.37. The molecular weight excluding hydrogens is 266 g/mol. The molecule has 21 heavy (non-hydrogen) atoms. The molecule has 0 fully saturated rings. The second kappa shape index (κ2) is 6.99. The summed E-state index contributed by atoms with van der Waals surface area (Å²) in [4.78, 5) is 0. The van der Waals surface area contributed by atoms with Crippen molar-refractivity contribution in [1.82, 2.24) is 0 Å². The predicted molar refractivity (Wildman–Crippen MR) is 83.0 cm³/mol. The molecule has 2 aromatic carbocycles. The topological polar surface area (TPSA) is 53.7 Å². The number of nitrogens with two attached hydrogens (primary N) is 1. The Bertz CT molecular complexity index is 567. The first-order valence-corrected chi connectivity index (χ1v) is 6.85. The average molecular weight is 287 g/mol. The third-order valence-electron chi connectivity index (χ3n) is 3.25. The first-order chi connectivity index (χ1) is 10.2. The van der Waals surface area contributed by atoms with Gasteiger partial charge in [-0.2, -0.15) is 0 Å². The van der Waals surface area contributed by atoms with Crippen molar-refractivity contribution in [3.05, 3.63) is 54.1 Å². The lowest BCUT2D eigenvalue weighted by molar-refractivity contribution is 0.176. The Balaban J connectivity index is 2.26. The van der Waals surface area contributed by atoms with Crippen LogP contribution in [0.1, 0.15) is 18.6 Å². The summed E-state index contributed by atoms with van der Waals surface area (Å²) in [6.07, 6.45) is -0.283. The van der Waals surface area contributed by atoms with Crippen LogP contribution in [0.4, 0.5) is 0 Å². The van der Waals surface area contributed by atoms with Crippen molar-refractivity contribution in [2.75, 3.05) is 14.2 Å². The number of para-hydroxylation sites is 1. The Morgan fingerprint density at radius 1 is 0.857 bits per heavy atom. The van der Waals surface area contributed by atoms with Gasteiger partial charge in [0, 0.05) is 11.6 Å². The molecule has 2 unspecified atom stereocenters. The standard InChI is InChI=1S/C17H21NO3/c1-12(18)17(15-6-4-5-7-16(15)20-3)21-14-10-8-13(19-2)9-11-14/h4-12,17H,18H2,1-3H3. The fraction of sp³-hybridized carbons (Fsp3) is 0.294. The lowest BCUT2D eigenvalue weighted by Gasteiger charge is -2.24. The molecule has 4 heteroatoms. The predicted octanol–water partition coefficient (Wildman–Crippen LogP) is 3.17. The van der Waals surface area contributed by atoms with Gasteiger partial charge in [0.2, 0.25) is 0 Å². The molecule has 0 saturated heterocycles. The van der Waals surface area contributed by atoms with E-state index in [9.17, 15) is 0 Å². The normalized spacial score (nSPS) is 13.3. The smallest absolute Gasteiger partial charge is 0.142 e. The van der Waals surface area contributed by atoms with Gasteiger partial charge in [0.05, 0.1) is 14.2 Å². The van der Waals surface area contributed by atoms with E-state index in [0.29, 0.717) is 0 Å². The second-order valence-electron chi connectivity index (χ2n) is 4.82. The number of rotatable bonds is 6. The Morgan fingerprint density at radius 3 is 2.05 bits per heavy atom. The minimum absolute atomic E-state index is 0.177. The van der Waals surface area contributed by atoms with Crippen LogP contribution < -0.4 is 19.9 Å². The molecule has 0 amide bonds. The van der Waals surface area contributed by atoms with Gasteiger partial charge in [-0.3, -0.25) is 0 Å². The van der Waals surface area contributed by atoms with Crippen LogP contribution in [0.25, 0.3) is 0 Å². The van der Waals surface area contributed by atoms with Crippen LogP contribution in [0, 0.1) is 0 Å². The first-order valence-electron chi connectivity index (χ1n) is 6.85. The highest BCUT2D eigenvalue weighted by Crippen LogP contribution is 2.31. The Hall–Kier alpha value is -2.20. The fourth-order valence-corrected chi connectivity index (χ4v) is 2.16. The zero-order valence-corrected chi connectivity index (χ0v) is 12.6. The highest BCUT2D eigenvalue weighted by Gasteiger charge is 2.21. The lowest BCUT2D eigenvalue weighted by Crippen LogP contribution is -2.29. The van der Waals surface area contributed by atoms with Gasteiger partial charge in [-0.15, -0.1) is 0 Å². The monoisotopic (exact) mass is 287 g/mol. The first kappa shape index (κ1) is 15.2. The summed E-state index contributed by atoms with van der Waals surface area (Å²) in [6, 6.07) is 15.0. The van der Waals surface area contributed by atoms with Crippen molar-refractivity contribution < 1.29 is 14.2 Å². The molecule has 0 aromatic heterocycles. The van der Waals surface area contributed by atoms with Crippen LogP contribution in [0.15, 0.2) is 48.5 Å². The maximum atomic E-state index is 6.09. The molecule has 0 saturated carbocycles. The zero-order valence-electron chi connectivity index (χ0n) is 12.6. The third kappa shape index (κ3) is 3.67. The van der Waals surface area contributed by atoms with Crippen molar-refractivity contribution in [1.29, 1.82) is 0 Å². The maximum Gasteiger partial charge on any atom is 0.142 e. The third-order valence-corrected chi connectivity index (χ3v) is 3.25. The zero-order chi connectivity index (χ0) is 15.2. The van der Waals surface area contributed by atoms with Gasteiger partial charge in [0.15, 0.2) is 0 Å². The van der Waals surface area contributed by atoms with Crippen molar-refractivity contribution in [3.8, 4) is 17.2 Å². The molecule has 4 nitrogen and oxygen atoms in total. The van der Waals surface area contributed by atoms with E-state index in [1.165, 1.54) is 0 Å². The molecular formula is C17H21NO3. The second-order valence-corrected chi connectivity index (χ2v) is 4.82. The van der Waals surface area contributed by atoms with Crippen LogP contribution in [0.2, 0.25) is 0 Å². The van der Waals surface area contributed by atoms with E-state index in [2.05, 4.69) is 0 Å². The maximum absolute atomic E-state index is 6.09. The average Bonchev–Trinajstić information content (AvgIpc) is 2.53. The minimum Gasteiger partial charge on any atom is -0.497 e.